The standard InChI is InChI=1S/C15H10ClNOS/c1-7-6-10(17)11-12(13(7)16)14(18)8-4-2-3-5-9(8)15(11)19/h2-6H,17H2,1H3. The fourth-order valence-electron chi connectivity index (χ4n) is 2.43. The summed E-state index contributed by atoms with van der Waals surface area (Å²) in [5.74, 6) is -0.111. The molecule has 4 heteroatoms. The quantitative estimate of drug-likeness (QED) is 0.508. The molecule has 0 saturated carbocycles. The smallest absolute Gasteiger partial charge is 0.195 e. The number of halogens is 1. The Bertz CT molecular complexity index is 752. The molecule has 0 heterocycles. The molecule has 0 unspecified atom stereocenters. The van der Waals surface area contributed by atoms with Crippen LogP contribution in [0, 0.1) is 6.92 Å². The van der Waals surface area contributed by atoms with Gasteiger partial charge in [0, 0.05) is 22.4 Å². The van der Waals surface area contributed by atoms with Crippen LogP contribution in [0.5, 0.6) is 0 Å². The Balaban J connectivity index is 2.43. The summed E-state index contributed by atoms with van der Waals surface area (Å²) in [6.07, 6.45) is 0. The van der Waals surface area contributed by atoms with Gasteiger partial charge in [0.05, 0.1) is 15.5 Å². The largest absolute Gasteiger partial charge is 0.398 e. The van der Waals surface area contributed by atoms with E-state index in [4.69, 9.17) is 29.6 Å². The van der Waals surface area contributed by atoms with Crippen molar-refractivity contribution in [2.45, 2.75) is 6.92 Å². The van der Waals surface area contributed by atoms with Crippen molar-refractivity contribution in [3.8, 4) is 0 Å². The number of benzene rings is 2. The first-order chi connectivity index (χ1) is 9.02. The molecular weight excluding hydrogens is 278 g/mol. The summed E-state index contributed by atoms with van der Waals surface area (Å²) in [4.78, 5) is 13.2. The monoisotopic (exact) mass is 287 g/mol. The maximum absolute atomic E-state index is 12.6. The molecule has 2 aromatic carbocycles. The van der Waals surface area contributed by atoms with Crippen molar-refractivity contribution >= 4 is 40.2 Å². The van der Waals surface area contributed by atoms with Gasteiger partial charge in [-0.15, -0.1) is 0 Å². The molecule has 2 N–H and O–H groups in total. The molecular formula is C15H10ClNOS. The van der Waals surface area contributed by atoms with Crippen LogP contribution in [0.2, 0.25) is 5.02 Å². The van der Waals surface area contributed by atoms with E-state index in [0.29, 0.717) is 32.3 Å². The molecule has 19 heavy (non-hydrogen) atoms. The molecule has 0 fully saturated rings. The van der Waals surface area contributed by atoms with Crippen LogP contribution >= 0.6 is 23.8 Å². The van der Waals surface area contributed by atoms with Gasteiger partial charge in [-0.2, -0.15) is 0 Å². The van der Waals surface area contributed by atoms with Gasteiger partial charge in [0.25, 0.3) is 0 Å². The van der Waals surface area contributed by atoms with Gasteiger partial charge in [0.1, 0.15) is 0 Å². The van der Waals surface area contributed by atoms with Crippen LogP contribution < -0.4 is 5.73 Å². The van der Waals surface area contributed by atoms with E-state index < -0.39 is 0 Å². The number of carbonyl (C=O) groups excluding carboxylic acids is 1. The number of carbonyl (C=O) groups is 1. The lowest BCUT2D eigenvalue weighted by molar-refractivity contribution is 0.103. The summed E-state index contributed by atoms with van der Waals surface area (Å²) in [6, 6.07) is 9.04. The van der Waals surface area contributed by atoms with E-state index >= 15 is 0 Å². The van der Waals surface area contributed by atoms with Crippen molar-refractivity contribution in [1.29, 1.82) is 0 Å². The summed E-state index contributed by atoms with van der Waals surface area (Å²) >= 11 is 11.7. The molecule has 0 spiro atoms. The number of fused-ring (bicyclic) bond motifs is 2. The first-order valence-corrected chi connectivity index (χ1v) is 6.58. The lowest BCUT2D eigenvalue weighted by Crippen LogP contribution is -2.22. The fourth-order valence-corrected chi connectivity index (χ4v) is 3.06. The number of hydrogen-bond acceptors (Lipinski definition) is 3. The van der Waals surface area contributed by atoms with E-state index in [1.807, 2.05) is 25.1 Å². The highest BCUT2D eigenvalue weighted by atomic mass is 35.5. The van der Waals surface area contributed by atoms with Crippen molar-refractivity contribution in [3.63, 3.8) is 0 Å². The molecule has 0 aromatic heterocycles. The minimum absolute atomic E-state index is 0.111. The average Bonchev–Trinajstić information content (AvgIpc) is 2.40. The topological polar surface area (TPSA) is 43.1 Å². The van der Waals surface area contributed by atoms with Gasteiger partial charge in [-0.05, 0) is 18.6 Å². The number of anilines is 1. The van der Waals surface area contributed by atoms with Crippen LogP contribution in [0.25, 0.3) is 0 Å². The minimum Gasteiger partial charge on any atom is -0.398 e. The summed E-state index contributed by atoms with van der Waals surface area (Å²) in [7, 11) is 0. The summed E-state index contributed by atoms with van der Waals surface area (Å²) < 4.78 is 0. The predicted molar refractivity (Wildman–Crippen MR) is 81.3 cm³/mol. The van der Waals surface area contributed by atoms with E-state index in [9.17, 15) is 4.79 Å². The zero-order chi connectivity index (χ0) is 13.7. The second kappa shape index (κ2) is 4.15. The number of nitrogen functional groups attached to an aromatic ring is 1. The Morgan fingerprint density at radius 3 is 2.47 bits per heavy atom. The fraction of sp³-hybridized carbons (Fsp3) is 0.0667. The third-order valence-corrected chi connectivity index (χ3v) is 4.26. The van der Waals surface area contributed by atoms with Crippen molar-refractivity contribution in [3.05, 3.63) is 63.2 Å². The van der Waals surface area contributed by atoms with Crippen LogP contribution in [-0.4, -0.2) is 10.6 Å². The number of aryl methyl sites for hydroxylation is 1. The number of nitrogens with two attached hydrogens (primary N) is 1. The third-order valence-electron chi connectivity index (χ3n) is 3.35. The maximum atomic E-state index is 12.6. The van der Waals surface area contributed by atoms with Gasteiger partial charge in [0.2, 0.25) is 0 Å². The second-order valence-electron chi connectivity index (χ2n) is 4.55. The molecule has 0 saturated heterocycles. The number of ketones is 1. The van der Waals surface area contributed by atoms with Gasteiger partial charge in [-0.3, -0.25) is 4.79 Å². The molecule has 0 bridgehead atoms. The molecule has 2 aromatic rings. The van der Waals surface area contributed by atoms with Gasteiger partial charge in [-0.25, -0.2) is 0 Å². The maximum Gasteiger partial charge on any atom is 0.195 e. The van der Waals surface area contributed by atoms with Crippen molar-refractivity contribution in [1.82, 2.24) is 0 Å². The molecule has 0 atom stereocenters. The van der Waals surface area contributed by atoms with E-state index in [-0.39, 0.29) is 5.78 Å². The lowest BCUT2D eigenvalue weighted by Gasteiger charge is -2.22. The highest BCUT2D eigenvalue weighted by molar-refractivity contribution is 7.81. The van der Waals surface area contributed by atoms with E-state index in [1.165, 1.54) is 0 Å². The number of hydrogen-bond donors (Lipinski definition) is 1. The van der Waals surface area contributed by atoms with Crippen LogP contribution in [-0.2, 0) is 0 Å². The zero-order valence-electron chi connectivity index (χ0n) is 10.2. The van der Waals surface area contributed by atoms with Crippen LogP contribution in [0.1, 0.15) is 32.6 Å². The Morgan fingerprint density at radius 2 is 1.79 bits per heavy atom. The van der Waals surface area contributed by atoms with Gasteiger partial charge in [-0.1, -0.05) is 48.1 Å². The highest BCUT2D eigenvalue weighted by Crippen LogP contribution is 2.37. The first kappa shape index (κ1) is 12.3. The Labute approximate surface area is 121 Å². The highest BCUT2D eigenvalue weighted by Gasteiger charge is 2.31. The molecule has 0 aliphatic heterocycles. The van der Waals surface area contributed by atoms with Crippen molar-refractivity contribution in [2.24, 2.45) is 0 Å². The SMILES string of the molecule is Cc1cc(N)c2c(c1Cl)C(=O)c1ccccc1C2=S. The first-order valence-electron chi connectivity index (χ1n) is 5.79. The predicted octanol–water partition coefficient (Wildman–Crippen LogP) is 3.54. The van der Waals surface area contributed by atoms with E-state index in [1.54, 1.807) is 12.1 Å². The molecule has 94 valence electrons. The minimum atomic E-state index is -0.111. The molecule has 0 amide bonds. The van der Waals surface area contributed by atoms with E-state index in [2.05, 4.69) is 0 Å². The normalized spacial score (nSPS) is 13.2. The van der Waals surface area contributed by atoms with Crippen LogP contribution in [0.4, 0.5) is 5.69 Å². The van der Waals surface area contributed by atoms with Crippen LogP contribution in [0.15, 0.2) is 30.3 Å². The Morgan fingerprint density at radius 1 is 1.16 bits per heavy atom. The number of thiocarbonyl (C=S) groups is 1. The Kier molecular flexibility index (Phi) is 2.69. The molecule has 1 aliphatic carbocycles. The van der Waals surface area contributed by atoms with Crippen molar-refractivity contribution < 1.29 is 4.79 Å². The van der Waals surface area contributed by atoms with Gasteiger partial charge >= 0.3 is 0 Å². The van der Waals surface area contributed by atoms with Gasteiger partial charge < -0.3 is 5.73 Å². The van der Waals surface area contributed by atoms with Gasteiger partial charge in [0.15, 0.2) is 5.78 Å². The summed E-state index contributed by atoms with van der Waals surface area (Å²) in [5.41, 5.74) is 9.68. The lowest BCUT2D eigenvalue weighted by atomic mass is 9.83. The summed E-state index contributed by atoms with van der Waals surface area (Å²) in [6.45, 7) is 1.83. The molecule has 3 rings (SSSR count). The zero-order valence-corrected chi connectivity index (χ0v) is 11.7. The van der Waals surface area contributed by atoms with Crippen molar-refractivity contribution in [2.75, 3.05) is 5.73 Å². The third kappa shape index (κ3) is 1.62. The molecule has 0 radical (unpaired) electrons. The molecule has 1 aliphatic rings. The van der Waals surface area contributed by atoms with Crippen LogP contribution in [0.3, 0.4) is 0 Å². The number of rotatable bonds is 0. The second-order valence-corrected chi connectivity index (χ2v) is 5.34. The summed E-state index contributed by atoms with van der Waals surface area (Å²) in [5, 5.41) is 0.436. The average molecular weight is 288 g/mol. The molecule has 2 nitrogen and oxygen atoms in total. The van der Waals surface area contributed by atoms with E-state index in [0.717, 1.165) is 11.1 Å². The Hall–Kier alpha value is -1.71.